The molecule has 3 aromatic rings. The summed E-state index contributed by atoms with van der Waals surface area (Å²) in [7, 11) is 0. The van der Waals surface area contributed by atoms with Crippen molar-refractivity contribution in [3.63, 3.8) is 0 Å². The number of rotatable bonds is 4. The van der Waals surface area contributed by atoms with Gasteiger partial charge >= 0.3 is 11.8 Å². The molecule has 0 atom stereocenters. The van der Waals surface area contributed by atoms with Crippen LogP contribution >= 0.6 is 11.3 Å². The largest absolute Gasteiger partial charge is 0.341 e. The zero-order chi connectivity index (χ0) is 21.2. The molecule has 7 nitrogen and oxygen atoms in total. The quantitative estimate of drug-likeness (QED) is 0.640. The molecule has 0 bridgehead atoms. The van der Waals surface area contributed by atoms with E-state index in [9.17, 15) is 14.0 Å². The van der Waals surface area contributed by atoms with Crippen LogP contribution in [-0.4, -0.2) is 26.6 Å². The van der Waals surface area contributed by atoms with Crippen LogP contribution in [0.5, 0.6) is 0 Å². The Bertz CT molecular complexity index is 1030. The summed E-state index contributed by atoms with van der Waals surface area (Å²) in [6, 6.07) is 7.42. The lowest BCUT2D eigenvalue weighted by Gasteiger charge is -2.14. The van der Waals surface area contributed by atoms with Gasteiger partial charge in [0.05, 0.1) is 17.9 Å². The fourth-order valence-corrected chi connectivity index (χ4v) is 3.22. The fraction of sp³-hybridized carbons (Fsp3) is 0.300. The molecule has 2 amide bonds. The van der Waals surface area contributed by atoms with Crippen LogP contribution in [0.1, 0.15) is 37.2 Å². The number of nitrogens with zero attached hydrogens (tertiary/aromatic N) is 3. The monoisotopic (exact) mass is 415 g/mol. The molecule has 29 heavy (non-hydrogen) atoms. The summed E-state index contributed by atoms with van der Waals surface area (Å²) in [6.07, 6.45) is 0. The van der Waals surface area contributed by atoms with Crippen LogP contribution < -0.4 is 10.6 Å². The number of carbonyl (C=O) groups is 2. The highest BCUT2D eigenvalue weighted by atomic mass is 32.1. The second-order valence-electron chi connectivity index (χ2n) is 7.57. The lowest BCUT2D eigenvalue weighted by molar-refractivity contribution is -0.136. The Balaban J connectivity index is 1.79. The van der Waals surface area contributed by atoms with E-state index in [1.807, 2.05) is 33.1 Å². The van der Waals surface area contributed by atoms with Gasteiger partial charge in [0.2, 0.25) is 0 Å². The van der Waals surface area contributed by atoms with Gasteiger partial charge in [-0.3, -0.25) is 9.59 Å². The van der Waals surface area contributed by atoms with Crippen LogP contribution in [0.15, 0.2) is 35.7 Å². The van der Waals surface area contributed by atoms with Crippen molar-refractivity contribution in [3.05, 3.63) is 57.9 Å². The van der Waals surface area contributed by atoms with Gasteiger partial charge in [-0.05, 0) is 31.2 Å². The minimum atomic E-state index is -0.818. The molecule has 9 heteroatoms. The smallest absolute Gasteiger partial charge is 0.314 e. The van der Waals surface area contributed by atoms with Crippen LogP contribution in [0.4, 0.5) is 10.2 Å². The van der Waals surface area contributed by atoms with Gasteiger partial charge in [-0.2, -0.15) is 5.10 Å². The first-order chi connectivity index (χ1) is 13.6. The second-order valence-corrected chi connectivity index (χ2v) is 8.52. The number of hydrogen-bond donors (Lipinski definition) is 2. The van der Waals surface area contributed by atoms with Gasteiger partial charge in [0.1, 0.15) is 16.6 Å². The summed E-state index contributed by atoms with van der Waals surface area (Å²) in [6.45, 7) is 7.99. The van der Waals surface area contributed by atoms with Gasteiger partial charge in [0.25, 0.3) is 0 Å². The average Bonchev–Trinajstić information content (AvgIpc) is 3.26. The molecule has 2 aromatic heterocycles. The van der Waals surface area contributed by atoms with E-state index in [2.05, 4.69) is 20.7 Å². The first-order valence-electron chi connectivity index (χ1n) is 9.00. The molecule has 0 saturated heterocycles. The highest BCUT2D eigenvalue weighted by molar-refractivity contribution is 7.09. The highest BCUT2D eigenvalue weighted by Gasteiger charge is 2.23. The SMILES string of the molecule is Cc1csc(CNC(=O)C(=O)Nc2cc(C(C)(C)C)nn2-c2ccc(F)cc2)n1. The normalized spacial score (nSPS) is 11.3. The van der Waals surface area contributed by atoms with Gasteiger partial charge in [-0.15, -0.1) is 11.3 Å². The number of halogens is 1. The van der Waals surface area contributed by atoms with E-state index in [1.54, 1.807) is 18.2 Å². The van der Waals surface area contributed by atoms with E-state index in [1.165, 1.54) is 28.2 Å². The fourth-order valence-electron chi connectivity index (χ4n) is 2.51. The van der Waals surface area contributed by atoms with Crippen molar-refractivity contribution in [3.8, 4) is 5.69 Å². The lowest BCUT2D eigenvalue weighted by atomic mass is 9.92. The number of amides is 2. The third kappa shape index (κ3) is 5.05. The molecule has 0 aliphatic rings. The molecule has 0 saturated carbocycles. The van der Waals surface area contributed by atoms with Crippen LogP contribution in [0.2, 0.25) is 0 Å². The first-order valence-corrected chi connectivity index (χ1v) is 9.88. The molecule has 3 rings (SSSR count). The van der Waals surface area contributed by atoms with Crippen molar-refractivity contribution < 1.29 is 14.0 Å². The van der Waals surface area contributed by atoms with Crippen molar-refractivity contribution in [1.29, 1.82) is 0 Å². The third-order valence-electron chi connectivity index (χ3n) is 4.06. The van der Waals surface area contributed by atoms with Crippen molar-refractivity contribution in [2.75, 3.05) is 5.32 Å². The number of benzene rings is 1. The summed E-state index contributed by atoms with van der Waals surface area (Å²) in [5.41, 5.74) is 1.86. The molecule has 2 N–H and O–H groups in total. The molecule has 0 spiro atoms. The maximum atomic E-state index is 13.3. The van der Waals surface area contributed by atoms with Crippen LogP contribution in [0.25, 0.3) is 5.69 Å². The molecular formula is C20H22FN5O2S. The second kappa shape index (κ2) is 8.12. The Labute approximate surface area is 172 Å². The third-order valence-corrected chi connectivity index (χ3v) is 5.03. The molecular weight excluding hydrogens is 393 g/mol. The number of nitrogens with one attached hydrogen (secondary N) is 2. The van der Waals surface area contributed by atoms with Crippen molar-refractivity contribution in [1.82, 2.24) is 20.1 Å². The van der Waals surface area contributed by atoms with E-state index < -0.39 is 11.8 Å². The standard InChI is InChI=1S/C20H22FN5O2S/c1-12-11-29-17(23-12)10-22-18(27)19(28)24-16-9-15(20(2,3)4)25-26(16)14-7-5-13(21)6-8-14/h5-9,11H,10H2,1-4H3,(H,22,27)(H,24,28). The summed E-state index contributed by atoms with van der Waals surface area (Å²) in [5, 5.41) is 12.3. The van der Waals surface area contributed by atoms with Crippen molar-refractivity contribution in [2.24, 2.45) is 0 Å². The zero-order valence-electron chi connectivity index (χ0n) is 16.6. The topological polar surface area (TPSA) is 88.9 Å². The maximum absolute atomic E-state index is 13.3. The van der Waals surface area contributed by atoms with Gasteiger partial charge in [0.15, 0.2) is 0 Å². The Kier molecular flexibility index (Phi) is 5.78. The van der Waals surface area contributed by atoms with Crippen LogP contribution in [0.3, 0.4) is 0 Å². The molecule has 0 aliphatic carbocycles. The Morgan fingerprint density at radius 1 is 1.17 bits per heavy atom. The number of aryl methyl sites for hydroxylation is 1. The van der Waals surface area contributed by atoms with Gasteiger partial charge in [-0.1, -0.05) is 20.8 Å². The van der Waals surface area contributed by atoms with E-state index in [-0.39, 0.29) is 17.8 Å². The number of carbonyl (C=O) groups excluding carboxylic acids is 2. The molecule has 0 fully saturated rings. The number of anilines is 1. The Morgan fingerprint density at radius 3 is 2.45 bits per heavy atom. The van der Waals surface area contributed by atoms with Crippen molar-refractivity contribution >= 4 is 29.0 Å². The molecule has 1 aromatic carbocycles. The summed E-state index contributed by atoms with van der Waals surface area (Å²) >= 11 is 1.41. The molecule has 0 radical (unpaired) electrons. The number of aromatic nitrogens is 3. The lowest BCUT2D eigenvalue weighted by Crippen LogP contribution is -2.35. The van der Waals surface area contributed by atoms with Crippen LogP contribution in [0, 0.1) is 12.7 Å². The van der Waals surface area contributed by atoms with E-state index in [0.29, 0.717) is 11.5 Å². The Hall–Kier alpha value is -3.07. The van der Waals surface area contributed by atoms with Gasteiger partial charge < -0.3 is 10.6 Å². The first kappa shape index (κ1) is 20.7. The number of thiazole rings is 1. The summed E-state index contributed by atoms with van der Waals surface area (Å²) in [5.74, 6) is -1.64. The van der Waals surface area contributed by atoms with E-state index in [0.717, 1.165) is 16.4 Å². The zero-order valence-corrected chi connectivity index (χ0v) is 17.4. The predicted molar refractivity (Wildman–Crippen MR) is 110 cm³/mol. The predicted octanol–water partition coefficient (Wildman–Crippen LogP) is 3.33. The maximum Gasteiger partial charge on any atom is 0.314 e. The minimum Gasteiger partial charge on any atom is -0.341 e. The molecule has 0 aliphatic heterocycles. The van der Waals surface area contributed by atoms with Gasteiger partial charge in [0, 0.05) is 22.6 Å². The highest BCUT2D eigenvalue weighted by Crippen LogP contribution is 2.26. The molecule has 2 heterocycles. The van der Waals surface area contributed by atoms with E-state index >= 15 is 0 Å². The number of hydrogen-bond acceptors (Lipinski definition) is 5. The summed E-state index contributed by atoms with van der Waals surface area (Å²) < 4.78 is 14.8. The average molecular weight is 415 g/mol. The molecule has 152 valence electrons. The minimum absolute atomic E-state index is 0.176. The molecule has 0 unspecified atom stereocenters. The Morgan fingerprint density at radius 2 is 1.86 bits per heavy atom. The van der Waals surface area contributed by atoms with Gasteiger partial charge in [-0.25, -0.2) is 14.1 Å². The van der Waals surface area contributed by atoms with Crippen LogP contribution in [-0.2, 0) is 21.5 Å². The van der Waals surface area contributed by atoms with E-state index in [4.69, 9.17) is 0 Å². The van der Waals surface area contributed by atoms with Crippen molar-refractivity contribution in [2.45, 2.75) is 39.7 Å². The summed E-state index contributed by atoms with van der Waals surface area (Å²) in [4.78, 5) is 28.8.